The van der Waals surface area contributed by atoms with Crippen molar-refractivity contribution in [2.75, 3.05) is 26.7 Å². The van der Waals surface area contributed by atoms with Crippen LogP contribution in [0.3, 0.4) is 0 Å². The SMILES string of the molecule is CNC(C)(C)C(=O)NCC(C(C)C)N1CCCC1. The zero-order valence-electron chi connectivity index (χ0n) is 12.5. The molecule has 0 aliphatic carbocycles. The maximum Gasteiger partial charge on any atom is 0.239 e. The smallest absolute Gasteiger partial charge is 0.239 e. The Bertz CT molecular complexity index is 270. The summed E-state index contributed by atoms with van der Waals surface area (Å²) >= 11 is 0. The van der Waals surface area contributed by atoms with Crippen LogP contribution in [0.2, 0.25) is 0 Å². The van der Waals surface area contributed by atoms with Gasteiger partial charge in [0.1, 0.15) is 0 Å². The van der Waals surface area contributed by atoms with Crippen molar-refractivity contribution >= 4 is 5.91 Å². The van der Waals surface area contributed by atoms with E-state index in [1.165, 1.54) is 25.9 Å². The van der Waals surface area contributed by atoms with E-state index < -0.39 is 5.54 Å². The van der Waals surface area contributed by atoms with E-state index in [-0.39, 0.29) is 5.91 Å². The molecule has 1 unspecified atom stereocenters. The fourth-order valence-corrected chi connectivity index (χ4v) is 2.39. The first-order valence-corrected chi connectivity index (χ1v) is 7.09. The van der Waals surface area contributed by atoms with Crippen molar-refractivity contribution in [3.05, 3.63) is 0 Å². The number of rotatable bonds is 6. The summed E-state index contributed by atoms with van der Waals surface area (Å²) in [5, 5.41) is 6.13. The van der Waals surface area contributed by atoms with Crippen LogP contribution >= 0.6 is 0 Å². The van der Waals surface area contributed by atoms with Crippen LogP contribution in [0.15, 0.2) is 0 Å². The van der Waals surface area contributed by atoms with Gasteiger partial charge in [0.05, 0.1) is 5.54 Å². The first-order chi connectivity index (χ1) is 8.38. The zero-order valence-corrected chi connectivity index (χ0v) is 12.5. The Hall–Kier alpha value is -0.610. The van der Waals surface area contributed by atoms with Crippen LogP contribution in [0.4, 0.5) is 0 Å². The van der Waals surface area contributed by atoms with Crippen molar-refractivity contribution in [2.45, 2.75) is 52.1 Å². The van der Waals surface area contributed by atoms with Crippen molar-refractivity contribution in [2.24, 2.45) is 5.92 Å². The molecule has 1 aliphatic rings. The lowest BCUT2D eigenvalue weighted by Crippen LogP contribution is -2.54. The molecule has 106 valence electrons. The monoisotopic (exact) mass is 255 g/mol. The molecule has 0 aromatic rings. The van der Waals surface area contributed by atoms with Crippen LogP contribution in [-0.4, -0.2) is 49.1 Å². The quantitative estimate of drug-likeness (QED) is 0.750. The minimum absolute atomic E-state index is 0.0786. The van der Waals surface area contributed by atoms with Gasteiger partial charge < -0.3 is 10.6 Å². The minimum Gasteiger partial charge on any atom is -0.353 e. The summed E-state index contributed by atoms with van der Waals surface area (Å²) in [4.78, 5) is 14.6. The van der Waals surface area contributed by atoms with E-state index in [2.05, 4.69) is 29.4 Å². The fourth-order valence-electron chi connectivity index (χ4n) is 2.39. The average molecular weight is 255 g/mol. The third kappa shape index (κ3) is 3.95. The molecule has 0 radical (unpaired) electrons. The van der Waals surface area contributed by atoms with Gasteiger partial charge in [0.2, 0.25) is 5.91 Å². The van der Waals surface area contributed by atoms with Gasteiger partial charge in [0, 0.05) is 12.6 Å². The molecule has 18 heavy (non-hydrogen) atoms. The van der Waals surface area contributed by atoms with Gasteiger partial charge in [0.15, 0.2) is 0 Å². The lowest BCUT2D eigenvalue weighted by atomic mass is 10.0. The normalized spacial score (nSPS) is 19.2. The third-order valence-electron chi connectivity index (χ3n) is 4.04. The predicted molar refractivity (Wildman–Crippen MR) is 75.6 cm³/mol. The standard InChI is InChI=1S/C14H29N3O/c1-11(2)12(17-8-6-7-9-17)10-16-13(18)14(3,4)15-5/h11-12,15H,6-10H2,1-5H3,(H,16,18). The van der Waals surface area contributed by atoms with Gasteiger partial charge in [-0.15, -0.1) is 0 Å². The molecule has 0 aromatic carbocycles. The van der Waals surface area contributed by atoms with E-state index in [1.807, 2.05) is 20.9 Å². The van der Waals surface area contributed by atoms with Gasteiger partial charge in [-0.3, -0.25) is 9.69 Å². The fraction of sp³-hybridized carbons (Fsp3) is 0.929. The molecule has 1 saturated heterocycles. The maximum atomic E-state index is 12.0. The Morgan fingerprint density at radius 1 is 1.28 bits per heavy atom. The highest BCUT2D eigenvalue weighted by atomic mass is 16.2. The Kier molecular flexibility index (Phi) is 5.60. The second-order valence-corrected chi connectivity index (χ2v) is 6.14. The highest BCUT2D eigenvalue weighted by Gasteiger charge is 2.28. The molecule has 0 bridgehead atoms. The summed E-state index contributed by atoms with van der Waals surface area (Å²) in [6, 6.07) is 0.462. The second-order valence-electron chi connectivity index (χ2n) is 6.14. The second kappa shape index (κ2) is 6.53. The third-order valence-corrected chi connectivity index (χ3v) is 4.04. The summed E-state index contributed by atoms with van der Waals surface area (Å²) in [5.41, 5.74) is -0.494. The summed E-state index contributed by atoms with van der Waals surface area (Å²) in [5.74, 6) is 0.649. The molecule has 1 aliphatic heterocycles. The summed E-state index contributed by atoms with van der Waals surface area (Å²) < 4.78 is 0. The molecule has 2 N–H and O–H groups in total. The van der Waals surface area contributed by atoms with Crippen molar-refractivity contribution in [1.29, 1.82) is 0 Å². The van der Waals surface area contributed by atoms with Crippen molar-refractivity contribution in [3.8, 4) is 0 Å². The van der Waals surface area contributed by atoms with Crippen LogP contribution in [-0.2, 0) is 4.79 Å². The number of hydrogen-bond donors (Lipinski definition) is 2. The van der Waals surface area contributed by atoms with Crippen molar-refractivity contribution in [1.82, 2.24) is 15.5 Å². The molecule has 1 heterocycles. The Balaban J connectivity index is 2.50. The molecule has 4 heteroatoms. The summed E-state index contributed by atoms with van der Waals surface area (Å²) in [7, 11) is 1.82. The van der Waals surface area contributed by atoms with E-state index in [0.717, 1.165) is 6.54 Å². The van der Waals surface area contributed by atoms with E-state index in [4.69, 9.17) is 0 Å². The number of hydrogen-bond acceptors (Lipinski definition) is 3. The molecule has 1 amide bonds. The molecule has 1 rings (SSSR count). The number of carbonyl (C=O) groups is 1. The lowest BCUT2D eigenvalue weighted by Gasteiger charge is -2.32. The van der Waals surface area contributed by atoms with E-state index in [0.29, 0.717) is 12.0 Å². The van der Waals surface area contributed by atoms with Crippen LogP contribution in [0.1, 0.15) is 40.5 Å². The number of likely N-dealkylation sites (N-methyl/N-ethyl adjacent to an activating group) is 1. The minimum atomic E-state index is -0.494. The molecular formula is C14H29N3O. The van der Waals surface area contributed by atoms with Gasteiger partial charge in [0.25, 0.3) is 0 Å². The first kappa shape index (κ1) is 15.4. The molecule has 0 spiro atoms. The van der Waals surface area contributed by atoms with Gasteiger partial charge in [-0.2, -0.15) is 0 Å². The average Bonchev–Trinajstić information content (AvgIpc) is 2.82. The number of amides is 1. The van der Waals surface area contributed by atoms with E-state index in [9.17, 15) is 4.79 Å². The van der Waals surface area contributed by atoms with Crippen LogP contribution in [0.5, 0.6) is 0 Å². The Morgan fingerprint density at radius 2 is 1.83 bits per heavy atom. The molecule has 4 nitrogen and oxygen atoms in total. The largest absolute Gasteiger partial charge is 0.353 e. The van der Waals surface area contributed by atoms with Gasteiger partial charge in [-0.05, 0) is 52.7 Å². The maximum absolute atomic E-state index is 12.0. The molecular weight excluding hydrogens is 226 g/mol. The highest BCUT2D eigenvalue weighted by molar-refractivity contribution is 5.85. The van der Waals surface area contributed by atoms with E-state index >= 15 is 0 Å². The summed E-state index contributed by atoms with van der Waals surface area (Å²) in [6.07, 6.45) is 2.58. The zero-order chi connectivity index (χ0) is 13.8. The first-order valence-electron chi connectivity index (χ1n) is 7.09. The Labute approximate surface area is 111 Å². The van der Waals surface area contributed by atoms with E-state index in [1.54, 1.807) is 0 Å². The predicted octanol–water partition coefficient (Wildman–Crippen LogP) is 1.22. The summed E-state index contributed by atoms with van der Waals surface area (Å²) in [6.45, 7) is 11.4. The number of carbonyl (C=O) groups excluding carboxylic acids is 1. The number of likely N-dealkylation sites (tertiary alicyclic amines) is 1. The highest BCUT2D eigenvalue weighted by Crippen LogP contribution is 2.17. The van der Waals surface area contributed by atoms with Gasteiger partial charge >= 0.3 is 0 Å². The van der Waals surface area contributed by atoms with Crippen molar-refractivity contribution in [3.63, 3.8) is 0 Å². The number of nitrogens with one attached hydrogen (secondary N) is 2. The van der Waals surface area contributed by atoms with Crippen molar-refractivity contribution < 1.29 is 4.79 Å². The molecule has 1 atom stereocenters. The Morgan fingerprint density at radius 3 is 2.28 bits per heavy atom. The topological polar surface area (TPSA) is 44.4 Å². The number of nitrogens with zero attached hydrogens (tertiary/aromatic N) is 1. The van der Waals surface area contributed by atoms with Crippen LogP contribution in [0.25, 0.3) is 0 Å². The van der Waals surface area contributed by atoms with Gasteiger partial charge in [-0.1, -0.05) is 13.8 Å². The lowest BCUT2D eigenvalue weighted by molar-refractivity contribution is -0.126. The molecule has 0 aromatic heterocycles. The van der Waals surface area contributed by atoms with Crippen LogP contribution in [0, 0.1) is 5.92 Å². The molecule has 0 saturated carbocycles. The van der Waals surface area contributed by atoms with Gasteiger partial charge in [-0.25, -0.2) is 0 Å². The molecule has 1 fully saturated rings. The van der Waals surface area contributed by atoms with Crippen LogP contribution < -0.4 is 10.6 Å².